The van der Waals surface area contributed by atoms with Crippen LogP contribution in [-0.2, 0) is 17.8 Å². The number of benzene rings is 2. The summed E-state index contributed by atoms with van der Waals surface area (Å²) in [6, 6.07) is 15.8. The van der Waals surface area contributed by atoms with Gasteiger partial charge in [0.25, 0.3) is 5.56 Å². The molecule has 4 rings (SSSR count). The number of hydrogen-bond donors (Lipinski definition) is 1. The van der Waals surface area contributed by atoms with Gasteiger partial charge < -0.3 is 5.32 Å². The summed E-state index contributed by atoms with van der Waals surface area (Å²) in [5, 5.41) is 3.24. The van der Waals surface area contributed by atoms with Crippen LogP contribution >= 0.6 is 11.8 Å². The highest BCUT2D eigenvalue weighted by Crippen LogP contribution is 2.17. The molecule has 1 amide bonds. The molecule has 2 aromatic heterocycles. The van der Waals surface area contributed by atoms with Crippen molar-refractivity contribution in [2.75, 3.05) is 12.3 Å². The minimum Gasteiger partial charge on any atom is -0.355 e. The third kappa shape index (κ3) is 5.36. The molecular formula is C23H20FN5O2S. The first-order chi connectivity index (χ1) is 15.6. The first kappa shape index (κ1) is 21.6. The second-order valence-electron chi connectivity index (χ2n) is 7.01. The number of halogens is 1. The Labute approximate surface area is 187 Å². The molecule has 0 fully saturated rings. The summed E-state index contributed by atoms with van der Waals surface area (Å²) >= 11 is 1.15. The maximum absolute atomic E-state index is 13.3. The maximum Gasteiger partial charge on any atom is 0.282 e. The quantitative estimate of drug-likeness (QED) is 0.329. The van der Waals surface area contributed by atoms with E-state index in [1.54, 1.807) is 12.1 Å². The summed E-state index contributed by atoms with van der Waals surface area (Å²) in [5.41, 5.74) is 1.88. The second kappa shape index (κ2) is 10.1. The number of thioether (sulfide) groups is 1. The Morgan fingerprint density at radius 2 is 1.75 bits per heavy atom. The van der Waals surface area contributed by atoms with Gasteiger partial charge in [0.2, 0.25) is 5.91 Å². The Kier molecular flexibility index (Phi) is 6.86. The lowest BCUT2D eigenvalue weighted by Crippen LogP contribution is -2.29. The Bertz CT molecular complexity index is 1280. The van der Waals surface area contributed by atoms with Crippen molar-refractivity contribution >= 4 is 28.8 Å². The lowest BCUT2D eigenvalue weighted by Gasteiger charge is -2.12. The zero-order valence-corrected chi connectivity index (χ0v) is 17.9. The highest BCUT2D eigenvalue weighted by atomic mass is 32.2. The number of rotatable bonds is 8. The van der Waals surface area contributed by atoms with Crippen LogP contribution in [-0.4, -0.2) is 37.7 Å². The average molecular weight is 450 g/mol. The van der Waals surface area contributed by atoms with Crippen LogP contribution in [0.3, 0.4) is 0 Å². The molecule has 0 aliphatic rings. The SMILES string of the molecule is O=C(CSc1nc2nccnc2c(=O)n1Cc1ccc(F)cc1)NCCc1ccccc1. The normalized spacial score (nSPS) is 10.9. The molecule has 0 unspecified atom stereocenters. The standard InChI is InChI=1S/C23H20FN5O2S/c24-18-8-6-17(7-9-18)14-29-22(31)20-21(27-13-12-26-20)28-23(29)32-15-19(30)25-11-10-16-4-2-1-3-5-16/h1-9,12-13H,10-11,14-15H2,(H,25,30). The number of nitrogens with zero attached hydrogens (tertiary/aromatic N) is 4. The molecule has 0 aliphatic carbocycles. The van der Waals surface area contributed by atoms with Crippen LogP contribution < -0.4 is 10.9 Å². The van der Waals surface area contributed by atoms with Crippen LogP contribution in [0, 0.1) is 5.82 Å². The summed E-state index contributed by atoms with van der Waals surface area (Å²) < 4.78 is 14.7. The van der Waals surface area contributed by atoms with Crippen molar-refractivity contribution in [1.82, 2.24) is 24.8 Å². The Morgan fingerprint density at radius 3 is 2.53 bits per heavy atom. The number of hydrogen-bond acceptors (Lipinski definition) is 6. The van der Waals surface area contributed by atoms with E-state index in [1.807, 2.05) is 30.3 Å². The predicted octanol–water partition coefficient (Wildman–Crippen LogP) is 2.82. The zero-order valence-electron chi connectivity index (χ0n) is 17.1. The number of aromatic nitrogens is 4. The van der Waals surface area contributed by atoms with E-state index in [0.29, 0.717) is 11.7 Å². The molecule has 0 atom stereocenters. The van der Waals surface area contributed by atoms with Gasteiger partial charge in [-0.3, -0.25) is 14.2 Å². The van der Waals surface area contributed by atoms with Crippen LogP contribution in [0.25, 0.3) is 11.2 Å². The van der Waals surface area contributed by atoms with E-state index in [1.165, 1.54) is 29.1 Å². The molecule has 0 spiro atoms. The molecule has 1 N–H and O–H groups in total. The van der Waals surface area contributed by atoms with Crippen LogP contribution in [0.2, 0.25) is 0 Å². The molecule has 0 aliphatic heterocycles. The van der Waals surface area contributed by atoms with Gasteiger partial charge >= 0.3 is 0 Å². The topological polar surface area (TPSA) is 89.8 Å². The Hall–Kier alpha value is -3.59. The largest absolute Gasteiger partial charge is 0.355 e. The molecular weight excluding hydrogens is 429 g/mol. The van der Waals surface area contributed by atoms with E-state index in [-0.39, 0.29) is 40.7 Å². The third-order valence-electron chi connectivity index (χ3n) is 4.72. The van der Waals surface area contributed by atoms with Gasteiger partial charge in [0.05, 0.1) is 12.3 Å². The van der Waals surface area contributed by atoms with E-state index in [0.717, 1.165) is 29.3 Å². The van der Waals surface area contributed by atoms with Crippen LogP contribution in [0.4, 0.5) is 4.39 Å². The van der Waals surface area contributed by atoms with Crippen molar-refractivity contribution in [3.05, 3.63) is 94.3 Å². The van der Waals surface area contributed by atoms with Gasteiger partial charge in [-0.1, -0.05) is 54.2 Å². The van der Waals surface area contributed by atoms with Crippen molar-refractivity contribution in [1.29, 1.82) is 0 Å². The third-order valence-corrected chi connectivity index (χ3v) is 5.70. The van der Waals surface area contributed by atoms with Gasteiger partial charge in [0, 0.05) is 18.9 Å². The van der Waals surface area contributed by atoms with Gasteiger partial charge in [-0.25, -0.2) is 19.3 Å². The van der Waals surface area contributed by atoms with E-state index < -0.39 is 0 Å². The van der Waals surface area contributed by atoms with Gasteiger partial charge in [0.1, 0.15) is 5.82 Å². The molecule has 0 saturated carbocycles. The fraction of sp³-hybridized carbons (Fsp3) is 0.174. The number of carbonyl (C=O) groups is 1. The van der Waals surface area contributed by atoms with Gasteiger partial charge in [-0.2, -0.15) is 0 Å². The van der Waals surface area contributed by atoms with Gasteiger partial charge in [-0.05, 0) is 29.7 Å². The minimum absolute atomic E-state index is 0.0937. The van der Waals surface area contributed by atoms with E-state index >= 15 is 0 Å². The first-order valence-corrected chi connectivity index (χ1v) is 11.0. The van der Waals surface area contributed by atoms with Gasteiger partial charge in [0.15, 0.2) is 16.3 Å². The fourth-order valence-electron chi connectivity index (χ4n) is 3.12. The summed E-state index contributed by atoms with van der Waals surface area (Å²) in [6.45, 7) is 0.693. The molecule has 9 heteroatoms. The maximum atomic E-state index is 13.3. The fourth-order valence-corrected chi connectivity index (χ4v) is 3.94. The van der Waals surface area contributed by atoms with E-state index in [9.17, 15) is 14.0 Å². The van der Waals surface area contributed by atoms with Crippen molar-refractivity contribution < 1.29 is 9.18 Å². The predicted molar refractivity (Wildman–Crippen MR) is 121 cm³/mol. The monoisotopic (exact) mass is 449 g/mol. The number of fused-ring (bicyclic) bond motifs is 1. The lowest BCUT2D eigenvalue weighted by molar-refractivity contribution is -0.118. The van der Waals surface area contributed by atoms with Crippen molar-refractivity contribution in [3.63, 3.8) is 0 Å². The summed E-state index contributed by atoms with van der Waals surface area (Å²) in [6.07, 6.45) is 3.63. The highest BCUT2D eigenvalue weighted by molar-refractivity contribution is 7.99. The molecule has 4 aromatic rings. The molecule has 2 heterocycles. The molecule has 32 heavy (non-hydrogen) atoms. The lowest BCUT2D eigenvalue weighted by atomic mass is 10.1. The van der Waals surface area contributed by atoms with E-state index in [2.05, 4.69) is 20.3 Å². The average Bonchev–Trinajstić information content (AvgIpc) is 2.82. The van der Waals surface area contributed by atoms with Crippen molar-refractivity contribution in [3.8, 4) is 0 Å². The Balaban J connectivity index is 1.49. The summed E-state index contributed by atoms with van der Waals surface area (Å²) in [7, 11) is 0. The molecule has 0 bridgehead atoms. The first-order valence-electron chi connectivity index (χ1n) is 9.99. The number of amides is 1. The van der Waals surface area contributed by atoms with Crippen LogP contribution in [0.1, 0.15) is 11.1 Å². The molecule has 0 saturated heterocycles. The van der Waals surface area contributed by atoms with Crippen LogP contribution in [0.5, 0.6) is 0 Å². The zero-order chi connectivity index (χ0) is 22.3. The van der Waals surface area contributed by atoms with Gasteiger partial charge in [-0.15, -0.1) is 0 Å². The number of carbonyl (C=O) groups excluding carboxylic acids is 1. The second-order valence-corrected chi connectivity index (χ2v) is 7.96. The van der Waals surface area contributed by atoms with Crippen molar-refractivity contribution in [2.24, 2.45) is 0 Å². The molecule has 162 valence electrons. The minimum atomic E-state index is -0.362. The highest BCUT2D eigenvalue weighted by Gasteiger charge is 2.15. The summed E-state index contributed by atoms with van der Waals surface area (Å²) in [5.74, 6) is -0.422. The molecule has 0 radical (unpaired) electrons. The van der Waals surface area contributed by atoms with E-state index in [4.69, 9.17) is 0 Å². The summed E-state index contributed by atoms with van der Waals surface area (Å²) in [4.78, 5) is 38.0. The van der Waals surface area contributed by atoms with Crippen LogP contribution in [0.15, 0.2) is 76.9 Å². The molecule has 7 nitrogen and oxygen atoms in total. The molecule has 2 aromatic carbocycles. The number of nitrogens with one attached hydrogen (secondary N) is 1. The Morgan fingerprint density at radius 1 is 1.00 bits per heavy atom. The van der Waals surface area contributed by atoms with Crippen molar-refractivity contribution in [2.45, 2.75) is 18.1 Å². The smallest absolute Gasteiger partial charge is 0.282 e.